The van der Waals surface area contributed by atoms with Crippen LogP contribution in [0.15, 0.2) is 71.3 Å². The monoisotopic (exact) mass is 529 g/mol. The van der Waals surface area contributed by atoms with E-state index in [1.165, 1.54) is 0 Å². The van der Waals surface area contributed by atoms with E-state index in [0.717, 1.165) is 54.8 Å². The molecule has 0 spiro atoms. The third-order valence-corrected chi connectivity index (χ3v) is 7.41. The van der Waals surface area contributed by atoms with Crippen LogP contribution >= 0.6 is 11.6 Å². The van der Waals surface area contributed by atoms with Crippen molar-refractivity contribution in [2.24, 2.45) is 0 Å². The quantitative estimate of drug-likeness (QED) is 0.340. The number of halogens is 1. The fourth-order valence-corrected chi connectivity index (χ4v) is 5.29. The summed E-state index contributed by atoms with van der Waals surface area (Å²) in [5, 5.41) is 4.01. The number of nitrogens with zero attached hydrogens (tertiary/aromatic N) is 4. The first-order chi connectivity index (χ1) is 18.6. The highest BCUT2D eigenvalue weighted by Crippen LogP contribution is 2.37. The van der Waals surface area contributed by atoms with Gasteiger partial charge in [0.2, 0.25) is 5.95 Å². The molecule has 6 rings (SSSR count). The number of ether oxygens (including phenoxy) is 1. The van der Waals surface area contributed by atoms with Crippen LogP contribution in [-0.2, 0) is 6.42 Å². The summed E-state index contributed by atoms with van der Waals surface area (Å²) in [5.74, 6) is 2.78. The van der Waals surface area contributed by atoms with Gasteiger partial charge in [0.1, 0.15) is 17.3 Å². The van der Waals surface area contributed by atoms with Crippen LogP contribution in [0.3, 0.4) is 0 Å². The maximum Gasteiger partial charge on any atom is 0.227 e. The zero-order valence-electron chi connectivity index (χ0n) is 21.1. The first-order valence-corrected chi connectivity index (χ1v) is 13.1. The summed E-state index contributed by atoms with van der Waals surface area (Å²) in [6.45, 7) is 3.15. The zero-order valence-corrected chi connectivity index (χ0v) is 21.8. The molecular weight excluding hydrogens is 502 g/mol. The Morgan fingerprint density at radius 2 is 1.76 bits per heavy atom. The van der Waals surface area contributed by atoms with Crippen molar-refractivity contribution in [3.8, 4) is 5.75 Å². The second-order valence-electron chi connectivity index (χ2n) is 9.55. The Hall–Kier alpha value is -4.04. The largest absolute Gasteiger partial charge is 0.497 e. The standard InChI is InChI=1S/C29H28ClN5O3/c1-37-23-5-2-4-22(18-23)34-11-13-35(14-12-34)29-32-24-16-19(26-6-3-15-38-26)17-25(36)27(24)28(33-29)31-21-9-7-20(30)8-10-21/h2-10,15,18-19H,11-14,16-17H2,1H3,(H,31,32,33). The van der Waals surface area contributed by atoms with E-state index in [1.807, 2.05) is 48.5 Å². The Morgan fingerprint density at radius 3 is 2.50 bits per heavy atom. The third kappa shape index (κ3) is 4.91. The maximum atomic E-state index is 13.4. The van der Waals surface area contributed by atoms with Gasteiger partial charge >= 0.3 is 0 Å². The molecule has 2 aromatic heterocycles. The number of fused-ring (bicyclic) bond motifs is 1. The van der Waals surface area contributed by atoms with Gasteiger partial charge in [-0.3, -0.25) is 4.79 Å². The summed E-state index contributed by atoms with van der Waals surface area (Å²) in [6.07, 6.45) is 2.62. The highest BCUT2D eigenvalue weighted by atomic mass is 35.5. The van der Waals surface area contributed by atoms with Crippen LogP contribution in [0.25, 0.3) is 0 Å². The average Bonchev–Trinajstić information content (AvgIpc) is 3.49. The van der Waals surface area contributed by atoms with E-state index >= 15 is 0 Å². The first-order valence-electron chi connectivity index (χ1n) is 12.7. The summed E-state index contributed by atoms with van der Waals surface area (Å²) in [5.41, 5.74) is 3.25. The van der Waals surface area contributed by atoms with Gasteiger partial charge in [-0.05, 0) is 48.5 Å². The number of hydrogen-bond donors (Lipinski definition) is 1. The molecule has 1 N–H and O–H groups in total. The number of aromatic nitrogens is 2. The molecule has 4 aromatic rings. The number of Topliss-reactive ketones (excluding diaryl/α,β-unsaturated/α-hetero) is 1. The minimum Gasteiger partial charge on any atom is -0.497 e. The van der Waals surface area contributed by atoms with Gasteiger partial charge in [0.15, 0.2) is 5.78 Å². The fourth-order valence-electron chi connectivity index (χ4n) is 5.16. The number of furan rings is 1. The molecule has 8 nitrogen and oxygen atoms in total. The molecule has 0 amide bonds. The second-order valence-corrected chi connectivity index (χ2v) is 9.98. The van der Waals surface area contributed by atoms with Crippen LogP contribution in [0.5, 0.6) is 5.75 Å². The van der Waals surface area contributed by atoms with Gasteiger partial charge in [-0.1, -0.05) is 17.7 Å². The molecule has 38 heavy (non-hydrogen) atoms. The van der Waals surface area contributed by atoms with E-state index in [1.54, 1.807) is 13.4 Å². The van der Waals surface area contributed by atoms with Crippen molar-refractivity contribution in [2.45, 2.75) is 18.8 Å². The lowest BCUT2D eigenvalue weighted by Gasteiger charge is -2.36. The molecule has 1 saturated heterocycles. The zero-order chi connectivity index (χ0) is 26.1. The molecule has 2 aromatic carbocycles. The van der Waals surface area contributed by atoms with Crippen molar-refractivity contribution in [3.05, 3.63) is 89.0 Å². The first kappa shape index (κ1) is 24.3. The Morgan fingerprint density at radius 1 is 0.974 bits per heavy atom. The Labute approximate surface area is 226 Å². The van der Waals surface area contributed by atoms with Gasteiger partial charge < -0.3 is 24.3 Å². The minimum atomic E-state index is -0.0407. The number of nitrogens with one attached hydrogen (secondary N) is 1. The molecule has 1 fully saturated rings. The smallest absolute Gasteiger partial charge is 0.227 e. The molecule has 3 heterocycles. The number of anilines is 4. The van der Waals surface area contributed by atoms with Crippen LogP contribution in [-0.4, -0.2) is 49.0 Å². The van der Waals surface area contributed by atoms with E-state index in [-0.39, 0.29) is 11.7 Å². The highest BCUT2D eigenvalue weighted by molar-refractivity contribution is 6.30. The van der Waals surface area contributed by atoms with Crippen molar-refractivity contribution < 1.29 is 13.9 Å². The number of benzene rings is 2. The number of rotatable bonds is 6. The molecule has 0 radical (unpaired) electrons. The van der Waals surface area contributed by atoms with Crippen molar-refractivity contribution in [1.82, 2.24) is 9.97 Å². The number of ketones is 1. The molecular formula is C29H28ClN5O3. The topological polar surface area (TPSA) is 83.7 Å². The second kappa shape index (κ2) is 10.4. The molecule has 1 aliphatic carbocycles. The normalized spacial score (nSPS) is 17.3. The number of hydrogen-bond acceptors (Lipinski definition) is 8. The summed E-state index contributed by atoms with van der Waals surface area (Å²) in [7, 11) is 1.68. The molecule has 2 aliphatic rings. The van der Waals surface area contributed by atoms with Gasteiger partial charge in [0.25, 0.3) is 0 Å². The van der Waals surface area contributed by atoms with E-state index in [9.17, 15) is 4.79 Å². The Bertz CT molecular complexity index is 1430. The molecule has 1 atom stereocenters. The van der Waals surface area contributed by atoms with Crippen LogP contribution in [0, 0.1) is 0 Å². The lowest BCUT2D eigenvalue weighted by Crippen LogP contribution is -2.47. The molecule has 1 aliphatic heterocycles. The van der Waals surface area contributed by atoms with Crippen LogP contribution < -0.4 is 19.9 Å². The molecule has 1 unspecified atom stereocenters. The molecule has 9 heteroatoms. The summed E-state index contributed by atoms with van der Waals surface area (Å²) in [6, 6.07) is 19.3. The lowest BCUT2D eigenvalue weighted by atomic mass is 9.84. The van der Waals surface area contributed by atoms with Gasteiger partial charge in [0.05, 0.1) is 24.6 Å². The fraction of sp³-hybridized carbons (Fsp3) is 0.276. The van der Waals surface area contributed by atoms with Gasteiger partial charge in [-0.2, -0.15) is 4.98 Å². The average molecular weight is 530 g/mol. The van der Waals surface area contributed by atoms with Gasteiger partial charge in [-0.25, -0.2) is 4.98 Å². The van der Waals surface area contributed by atoms with Crippen molar-refractivity contribution in [3.63, 3.8) is 0 Å². The number of carbonyl (C=O) groups is 1. The minimum absolute atomic E-state index is 0.0125. The number of methoxy groups -OCH3 is 1. The Kier molecular flexibility index (Phi) is 6.64. The van der Waals surface area contributed by atoms with E-state index in [2.05, 4.69) is 27.2 Å². The van der Waals surface area contributed by atoms with E-state index < -0.39 is 0 Å². The molecule has 0 saturated carbocycles. The van der Waals surface area contributed by atoms with Crippen molar-refractivity contribution in [2.75, 3.05) is 48.4 Å². The molecule has 194 valence electrons. The highest BCUT2D eigenvalue weighted by Gasteiger charge is 2.33. The summed E-state index contributed by atoms with van der Waals surface area (Å²) in [4.78, 5) is 27.7. The molecule has 0 bridgehead atoms. The predicted octanol–water partition coefficient (Wildman–Crippen LogP) is 5.71. The predicted molar refractivity (Wildman–Crippen MR) is 148 cm³/mol. The van der Waals surface area contributed by atoms with Crippen molar-refractivity contribution >= 4 is 40.5 Å². The lowest BCUT2D eigenvalue weighted by molar-refractivity contribution is 0.0959. The van der Waals surface area contributed by atoms with E-state index in [0.29, 0.717) is 35.2 Å². The van der Waals surface area contributed by atoms with Crippen LogP contribution in [0.1, 0.15) is 34.2 Å². The Balaban J connectivity index is 1.30. The van der Waals surface area contributed by atoms with Crippen molar-refractivity contribution in [1.29, 1.82) is 0 Å². The summed E-state index contributed by atoms with van der Waals surface area (Å²) < 4.78 is 11.0. The number of carbonyl (C=O) groups excluding carboxylic acids is 1. The summed E-state index contributed by atoms with van der Waals surface area (Å²) >= 11 is 6.08. The number of piperazine rings is 1. The maximum absolute atomic E-state index is 13.4. The SMILES string of the molecule is COc1cccc(N2CCN(c3nc4c(c(Nc5ccc(Cl)cc5)n3)C(=O)CC(c3ccco3)C4)CC2)c1. The van der Waals surface area contributed by atoms with Crippen LogP contribution in [0.2, 0.25) is 5.02 Å². The van der Waals surface area contributed by atoms with Gasteiger partial charge in [-0.15, -0.1) is 0 Å². The van der Waals surface area contributed by atoms with Crippen LogP contribution in [0.4, 0.5) is 23.1 Å². The van der Waals surface area contributed by atoms with E-state index in [4.69, 9.17) is 30.7 Å². The third-order valence-electron chi connectivity index (χ3n) is 7.16. The van der Waals surface area contributed by atoms with Gasteiger partial charge in [0, 0.05) is 67.4 Å².